The third-order valence-electron chi connectivity index (χ3n) is 4.73. The van der Waals surface area contributed by atoms with E-state index in [-0.39, 0.29) is 23.0 Å². The molecule has 0 radical (unpaired) electrons. The lowest BCUT2D eigenvalue weighted by atomic mass is 9.76. The predicted octanol–water partition coefficient (Wildman–Crippen LogP) is 1.27. The number of rotatable bonds is 6. The standard InChI is InChI=1S/C17H24BNO4/c1-2-16(12-6-4-3-5-7-12)19-17(21)13-8-9-15(18(22)23)14(10-13)11-20/h8-12,16,22-23H,2-7H2,1H3,(H,19,21). The fourth-order valence-corrected chi connectivity index (χ4v) is 3.39. The third-order valence-corrected chi connectivity index (χ3v) is 4.73. The Kier molecular flexibility index (Phi) is 6.36. The summed E-state index contributed by atoms with van der Waals surface area (Å²) in [6.45, 7) is 2.07. The summed E-state index contributed by atoms with van der Waals surface area (Å²) in [5.74, 6) is 0.297. The second-order valence-corrected chi connectivity index (χ2v) is 6.22. The average molecular weight is 317 g/mol. The number of aldehydes is 1. The minimum absolute atomic E-state index is 0.107. The molecule has 3 N–H and O–H groups in total. The summed E-state index contributed by atoms with van der Waals surface area (Å²) in [5, 5.41) is 21.5. The Labute approximate surface area is 137 Å². The number of benzene rings is 1. The van der Waals surface area contributed by atoms with Gasteiger partial charge in [-0.15, -0.1) is 0 Å². The molecule has 1 aliphatic carbocycles. The minimum atomic E-state index is -1.72. The van der Waals surface area contributed by atoms with Crippen molar-refractivity contribution in [3.05, 3.63) is 29.3 Å². The van der Waals surface area contributed by atoms with Gasteiger partial charge in [-0.1, -0.05) is 32.3 Å². The van der Waals surface area contributed by atoms with Crippen molar-refractivity contribution in [3.63, 3.8) is 0 Å². The van der Waals surface area contributed by atoms with Gasteiger partial charge in [0.05, 0.1) is 0 Å². The molecule has 0 aromatic heterocycles. The lowest BCUT2D eigenvalue weighted by Crippen LogP contribution is -2.41. The van der Waals surface area contributed by atoms with E-state index in [9.17, 15) is 19.6 Å². The molecule has 0 bridgehead atoms. The summed E-state index contributed by atoms with van der Waals surface area (Å²) < 4.78 is 0. The van der Waals surface area contributed by atoms with E-state index in [0.29, 0.717) is 17.8 Å². The van der Waals surface area contributed by atoms with Crippen LogP contribution in [0.2, 0.25) is 0 Å². The van der Waals surface area contributed by atoms with Crippen LogP contribution in [0.1, 0.15) is 66.2 Å². The highest BCUT2D eigenvalue weighted by atomic mass is 16.4. The van der Waals surface area contributed by atoms with Gasteiger partial charge in [0.1, 0.15) is 6.29 Å². The third kappa shape index (κ3) is 4.42. The van der Waals surface area contributed by atoms with Crippen LogP contribution in [-0.2, 0) is 0 Å². The molecule has 124 valence electrons. The predicted molar refractivity (Wildman–Crippen MR) is 89.8 cm³/mol. The molecule has 0 heterocycles. The van der Waals surface area contributed by atoms with Crippen molar-refractivity contribution in [2.24, 2.45) is 5.92 Å². The van der Waals surface area contributed by atoms with E-state index in [2.05, 4.69) is 12.2 Å². The zero-order valence-electron chi connectivity index (χ0n) is 13.5. The minimum Gasteiger partial charge on any atom is -0.423 e. The molecular weight excluding hydrogens is 293 g/mol. The maximum atomic E-state index is 12.5. The first-order chi connectivity index (χ1) is 11.1. The van der Waals surface area contributed by atoms with Crippen LogP contribution >= 0.6 is 0 Å². The second kappa shape index (κ2) is 8.27. The van der Waals surface area contributed by atoms with E-state index in [1.165, 1.54) is 37.5 Å². The number of hydrogen-bond acceptors (Lipinski definition) is 4. The first-order valence-corrected chi connectivity index (χ1v) is 8.33. The Morgan fingerprint density at radius 2 is 2.04 bits per heavy atom. The normalized spacial score (nSPS) is 16.7. The maximum absolute atomic E-state index is 12.5. The van der Waals surface area contributed by atoms with Crippen molar-refractivity contribution in [2.45, 2.75) is 51.5 Å². The highest BCUT2D eigenvalue weighted by Crippen LogP contribution is 2.27. The Balaban J connectivity index is 2.11. The summed E-state index contributed by atoms with van der Waals surface area (Å²) in [5.41, 5.74) is 0.597. The van der Waals surface area contributed by atoms with Crippen LogP contribution in [-0.4, -0.2) is 35.4 Å². The summed E-state index contributed by atoms with van der Waals surface area (Å²) in [6, 6.07) is 4.48. The van der Waals surface area contributed by atoms with Gasteiger partial charge < -0.3 is 15.4 Å². The molecule has 5 nitrogen and oxygen atoms in total. The SMILES string of the molecule is CCC(NC(=O)c1ccc(B(O)O)c(C=O)c1)C1CCCCC1. The van der Waals surface area contributed by atoms with Gasteiger partial charge >= 0.3 is 7.12 Å². The summed E-state index contributed by atoms with van der Waals surface area (Å²) in [7, 11) is -1.72. The van der Waals surface area contributed by atoms with Gasteiger partial charge in [0.2, 0.25) is 0 Å². The summed E-state index contributed by atoms with van der Waals surface area (Å²) in [4.78, 5) is 23.5. The molecule has 1 amide bonds. The Morgan fingerprint density at radius 3 is 2.61 bits per heavy atom. The van der Waals surface area contributed by atoms with Crippen molar-refractivity contribution >= 4 is 24.8 Å². The monoisotopic (exact) mass is 317 g/mol. The first kappa shape index (κ1) is 17.7. The van der Waals surface area contributed by atoms with E-state index in [1.807, 2.05) is 0 Å². The van der Waals surface area contributed by atoms with Crippen molar-refractivity contribution in [1.82, 2.24) is 5.32 Å². The van der Waals surface area contributed by atoms with Crippen LogP contribution < -0.4 is 10.8 Å². The van der Waals surface area contributed by atoms with Gasteiger partial charge in [0.15, 0.2) is 0 Å². The van der Waals surface area contributed by atoms with E-state index < -0.39 is 7.12 Å². The second-order valence-electron chi connectivity index (χ2n) is 6.22. The maximum Gasteiger partial charge on any atom is 0.489 e. The molecular formula is C17H24BNO4. The quantitative estimate of drug-likeness (QED) is 0.545. The number of hydrogen-bond donors (Lipinski definition) is 3. The van der Waals surface area contributed by atoms with Crippen LogP contribution in [0.4, 0.5) is 0 Å². The van der Waals surface area contributed by atoms with Gasteiger partial charge in [-0.05, 0) is 42.8 Å². The van der Waals surface area contributed by atoms with Crippen molar-refractivity contribution < 1.29 is 19.6 Å². The average Bonchev–Trinajstić information content (AvgIpc) is 2.59. The lowest BCUT2D eigenvalue weighted by Gasteiger charge is -2.30. The van der Waals surface area contributed by atoms with Crippen molar-refractivity contribution in [3.8, 4) is 0 Å². The fourth-order valence-electron chi connectivity index (χ4n) is 3.39. The lowest BCUT2D eigenvalue weighted by molar-refractivity contribution is 0.0911. The summed E-state index contributed by atoms with van der Waals surface area (Å²) in [6.07, 6.45) is 7.41. The first-order valence-electron chi connectivity index (χ1n) is 8.33. The Bertz CT molecular complexity index is 556. The van der Waals surface area contributed by atoms with Crippen LogP contribution in [0.15, 0.2) is 18.2 Å². The highest BCUT2D eigenvalue weighted by Gasteiger charge is 2.24. The molecule has 2 rings (SSSR count). The van der Waals surface area contributed by atoms with Crippen LogP contribution in [0.25, 0.3) is 0 Å². The molecule has 0 aliphatic heterocycles. The summed E-state index contributed by atoms with van der Waals surface area (Å²) >= 11 is 0. The van der Waals surface area contributed by atoms with Crippen molar-refractivity contribution in [1.29, 1.82) is 0 Å². The molecule has 1 aromatic rings. The van der Waals surface area contributed by atoms with Gasteiger partial charge in [-0.3, -0.25) is 9.59 Å². The molecule has 1 atom stereocenters. The van der Waals surface area contributed by atoms with Crippen molar-refractivity contribution in [2.75, 3.05) is 0 Å². The van der Waals surface area contributed by atoms with E-state index in [0.717, 1.165) is 19.3 Å². The Hall–Kier alpha value is -1.66. The van der Waals surface area contributed by atoms with Gasteiger partial charge in [0, 0.05) is 17.2 Å². The number of amides is 1. The van der Waals surface area contributed by atoms with Gasteiger partial charge in [-0.25, -0.2) is 0 Å². The topological polar surface area (TPSA) is 86.6 Å². The molecule has 1 aliphatic rings. The molecule has 0 spiro atoms. The number of carbonyl (C=O) groups excluding carboxylic acids is 2. The molecule has 1 aromatic carbocycles. The molecule has 23 heavy (non-hydrogen) atoms. The largest absolute Gasteiger partial charge is 0.489 e. The van der Waals surface area contributed by atoms with Crippen LogP contribution in [0, 0.1) is 5.92 Å². The number of carbonyl (C=O) groups is 2. The van der Waals surface area contributed by atoms with E-state index in [4.69, 9.17) is 0 Å². The molecule has 0 saturated heterocycles. The Morgan fingerprint density at radius 1 is 1.35 bits per heavy atom. The zero-order chi connectivity index (χ0) is 16.8. The highest BCUT2D eigenvalue weighted by molar-refractivity contribution is 6.60. The van der Waals surface area contributed by atoms with Gasteiger partial charge in [-0.2, -0.15) is 0 Å². The van der Waals surface area contributed by atoms with E-state index >= 15 is 0 Å². The molecule has 6 heteroatoms. The van der Waals surface area contributed by atoms with E-state index in [1.54, 1.807) is 0 Å². The zero-order valence-corrected chi connectivity index (χ0v) is 13.5. The van der Waals surface area contributed by atoms with Crippen LogP contribution in [0.5, 0.6) is 0 Å². The fraction of sp³-hybridized carbons (Fsp3) is 0.529. The molecule has 1 saturated carbocycles. The smallest absolute Gasteiger partial charge is 0.423 e. The van der Waals surface area contributed by atoms with Gasteiger partial charge in [0.25, 0.3) is 5.91 Å². The molecule has 1 fully saturated rings. The van der Waals surface area contributed by atoms with Crippen LogP contribution in [0.3, 0.4) is 0 Å². The molecule has 1 unspecified atom stereocenters. The number of nitrogens with one attached hydrogen (secondary N) is 1.